The van der Waals surface area contributed by atoms with Gasteiger partial charge in [-0.15, -0.1) is 0 Å². The third kappa shape index (κ3) is 6.61. The molecule has 0 aromatic heterocycles. The fourth-order valence-corrected chi connectivity index (χ4v) is 3.23. The van der Waals surface area contributed by atoms with Gasteiger partial charge in [0.25, 0.3) is 11.8 Å². The van der Waals surface area contributed by atoms with Gasteiger partial charge in [0.15, 0.2) is 6.61 Å². The van der Waals surface area contributed by atoms with Crippen LogP contribution in [-0.2, 0) is 14.3 Å². The average Bonchev–Trinajstić information content (AvgIpc) is 2.74. The summed E-state index contributed by atoms with van der Waals surface area (Å²) in [7, 11) is 0. The molecule has 3 rings (SSSR count). The van der Waals surface area contributed by atoms with Gasteiger partial charge in [-0.2, -0.15) is 5.10 Å². The number of nitrogens with one attached hydrogen (secondary N) is 1. The molecule has 2 fully saturated rings. The number of amides is 2. The van der Waals surface area contributed by atoms with E-state index < -0.39 is 0 Å². The number of piperidine rings is 1. The van der Waals surface area contributed by atoms with Crippen LogP contribution >= 0.6 is 0 Å². The highest BCUT2D eigenvalue weighted by Crippen LogP contribution is 2.12. The molecule has 8 heteroatoms. The van der Waals surface area contributed by atoms with Crippen molar-refractivity contribution in [2.24, 2.45) is 5.10 Å². The topological polar surface area (TPSA) is 83.5 Å². The van der Waals surface area contributed by atoms with Gasteiger partial charge in [-0.05, 0) is 55.8 Å². The largest absolute Gasteiger partial charge is 0.484 e. The van der Waals surface area contributed by atoms with Crippen molar-refractivity contribution in [3.63, 3.8) is 0 Å². The van der Waals surface area contributed by atoms with Crippen molar-refractivity contribution in [1.29, 1.82) is 0 Å². The van der Waals surface area contributed by atoms with Gasteiger partial charge in [0.2, 0.25) is 0 Å². The number of rotatable bonds is 7. The average molecular weight is 388 g/mol. The Morgan fingerprint density at radius 1 is 1.07 bits per heavy atom. The minimum Gasteiger partial charge on any atom is -0.484 e. The summed E-state index contributed by atoms with van der Waals surface area (Å²) in [6.45, 7) is 4.74. The molecule has 0 atom stereocenters. The number of carbonyl (C=O) groups is 2. The van der Waals surface area contributed by atoms with Crippen LogP contribution in [0.1, 0.15) is 24.8 Å². The molecule has 0 saturated carbocycles. The molecule has 0 bridgehead atoms. The number of likely N-dealkylation sites (tertiary alicyclic amines) is 1. The van der Waals surface area contributed by atoms with Crippen LogP contribution in [0.15, 0.2) is 29.4 Å². The third-order valence-electron chi connectivity index (χ3n) is 4.82. The van der Waals surface area contributed by atoms with Crippen LogP contribution in [0.3, 0.4) is 0 Å². The fourth-order valence-electron chi connectivity index (χ4n) is 3.23. The van der Waals surface area contributed by atoms with Crippen molar-refractivity contribution in [2.45, 2.75) is 19.3 Å². The Morgan fingerprint density at radius 3 is 2.50 bits per heavy atom. The number of hydrogen-bond donors (Lipinski definition) is 1. The molecule has 0 aliphatic carbocycles. The quantitative estimate of drug-likeness (QED) is 0.553. The Morgan fingerprint density at radius 2 is 1.79 bits per heavy atom. The smallest absolute Gasteiger partial charge is 0.260 e. The van der Waals surface area contributed by atoms with Crippen molar-refractivity contribution in [2.75, 3.05) is 52.5 Å². The molecule has 28 heavy (non-hydrogen) atoms. The van der Waals surface area contributed by atoms with E-state index >= 15 is 0 Å². The number of nitrogens with zero attached hydrogens (tertiary/aromatic N) is 3. The Labute approximate surface area is 165 Å². The predicted octanol–water partition coefficient (Wildman–Crippen LogP) is 0.860. The summed E-state index contributed by atoms with van der Waals surface area (Å²) < 4.78 is 10.8. The molecule has 2 amide bonds. The molecule has 0 spiro atoms. The van der Waals surface area contributed by atoms with Crippen molar-refractivity contribution >= 4 is 18.0 Å². The Hall–Kier alpha value is -2.45. The van der Waals surface area contributed by atoms with Crippen LogP contribution in [0.25, 0.3) is 0 Å². The summed E-state index contributed by atoms with van der Waals surface area (Å²) in [6, 6.07) is 7.22. The van der Waals surface area contributed by atoms with Crippen LogP contribution in [0.5, 0.6) is 5.75 Å². The maximum atomic E-state index is 12.1. The van der Waals surface area contributed by atoms with Gasteiger partial charge < -0.3 is 14.4 Å². The molecule has 8 nitrogen and oxygen atoms in total. The van der Waals surface area contributed by atoms with Crippen LogP contribution in [0.2, 0.25) is 0 Å². The number of hydrazone groups is 1. The van der Waals surface area contributed by atoms with Crippen LogP contribution in [0.4, 0.5) is 0 Å². The van der Waals surface area contributed by atoms with E-state index in [1.54, 1.807) is 23.2 Å². The van der Waals surface area contributed by atoms with Gasteiger partial charge in [0.1, 0.15) is 5.75 Å². The second kappa shape index (κ2) is 10.8. The van der Waals surface area contributed by atoms with E-state index in [4.69, 9.17) is 9.47 Å². The van der Waals surface area contributed by atoms with Gasteiger partial charge in [0.05, 0.1) is 26.0 Å². The molecule has 2 heterocycles. The number of ether oxygens (including phenoxy) is 2. The summed E-state index contributed by atoms with van der Waals surface area (Å²) >= 11 is 0. The Kier molecular flexibility index (Phi) is 7.81. The molecule has 2 saturated heterocycles. The van der Waals surface area contributed by atoms with Crippen LogP contribution in [-0.4, -0.2) is 80.4 Å². The number of morpholine rings is 1. The SMILES string of the molecule is O=C(CN1CCCCC1)N/N=C\c1ccc(OCC(=O)N2CCOCC2)cc1. The number of carbonyl (C=O) groups excluding carboxylic acids is 2. The molecule has 1 aromatic rings. The lowest BCUT2D eigenvalue weighted by Gasteiger charge is -2.26. The molecular formula is C20H28N4O4. The zero-order chi connectivity index (χ0) is 19.6. The minimum absolute atomic E-state index is 0.0139. The highest BCUT2D eigenvalue weighted by atomic mass is 16.5. The second-order valence-corrected chi connectivity index (χ2v) is 6.98. The van der Waals surface area contributed by atoms with E-state index in [9.17, 15) is 9.59 Å². The molecule has 1 N–H and O–H groups in total. The zero-order valence-corrected chi connectivity index (χ0v) is 16.1. The first-order chi connectivity index (χ1) is 13.7. The van der Waals surface area contributed by atoms with Crippen molar-refractivity contribution < 1.29 is 19.1 Å². The minimum atomic E-state index is -0.0975. The van der Waals surface area contributed by atoms with Gasteiger partial charge >= 0.3 is 0 Å². The van der Waals surface area contributed by atoms with E-state index in [0.29, 0.717) is 38.6 Å². The van der Waals surface area contributed by atoms with E-state index in [0.717, 1.165) is 31.5 Å². The first-order valence-electron chi connectivity index (χ1n) is 9.83. The Balaban J connectivity index is 1.37. The van der Waals surface area contributed by atoms with Gasteiger partial charge in [0, 0.05) is 13.1 Å². The molecule has 152 valence electrons. The zero-order valence-electron chi connectivity index (χ0n) is 16.1. The highest BCUT2D eigenvalue weighted by molar-refractivity contribution is 5.83. The van der Waals surface area contributed by atoms with E-state index in [2.05, 4.69) is 15.4 Å². The fraction of sp³-hybridized carbons (Fsp3) is 0.550. The standard InChI is InChI=1S/C20H28N4O4/c25-19(15-23-8-2-1-3-9-23)22-21-14-17-4-6-18(7-5-17)28-16-20(26)24-10-12-27-13-11-24/h4-7,14H,1-3,8-13,15-16H2,(H,22,25)/b21-14-. The lowest BCUT2D eigenvalue weighted by Crippen LogP contribution is -2.42. The Bertz CT molecular complexity index is 665. The summed E-state index contributed by atoms with van der Waals surface area (Å²) in [4.78, 5) is 27.9. The van der Waals surface area contributed by atoms with Crippen molar-refractivity contribution in [1.82, 2.24) is 15.2 Å². The summed E-state index contributed by atoms with van der Waals surface area (Å²) in [6.07, 6.45) is 5.15. The van der Waals surface area contributed by atoms with Crippen LogP contribution < -0.4 is 10.2 Å². The van der Waals surface area contributed by atoms with E-state index in [-0.39, 0.29) is 18.4 Å². The number of benzene rings is 1. The first-order valence-corrected chi connectivity index (χ1v) is 9.83. The summed E-state index contributed by atoms with van der Waals surface area (Å²) in [5.74, 6) is 0.484. The molecular weight excluding hydrogens is 360 g/mol. The summed E-state index contributed by atoms with van der Waals surface area (Å²) in [5, 5.41) is 4.01. The van der Waals surface area contributed by atoms with Crippen molar-refractivity contribution in [3.05, 3.63) is 29.8 Å². The third-order valence-corrected chi connectivity index (χ3v) is 4.82. The molecule has 0 unspecified atom stereocenters. The molecule has 1 aromatic carbocycles. The predicted molar refractivity (Wildman–Crippen MR) is 105 cm³/mol. The lowest BCUT2D eigenvalue weighted by atomic mass is 10.1. The van der Waals surface area contributed by atoms with Gasteiger partial charge in [-0.1, -0.05) is 6.42 Å². The molecule has 0 radical (unpaired) electrons. The summed E-state index contributed by atoms with van der Waals surface area (Å²) in [5.41, 5.74) is 3.40. The first kappa shape index (κ1) is 20.3. The van der Waals surface area contributed by atoms with Gasteiger partial charge in [-0.25, -0.2) is 5.43 Å². The maximum Gasteiger partial charge on any atom is 0.260 e. The second-order valence-electron chi connectivity index (χ2n) is 6.98. The van der Waals surface area contributed by atoms with Crippen molar-refractivity contribution in [3.8, 4) is 5.75 Å². The van der Waals surface area contributed by atoms with Crippen LogP contribution in [0, 0.1) is 0 Å². The van der Waals surface area contributed by atoms with E-state index in [1.807, 2.05) is 12.1 Å². The maximum absolute atomic E-state index is 12.1. The number of hydrogen-bond acceptors (Lipinski definition) is 6. The monoisotopic (exact) mass is 388 g/mol. The van der Waals surface area contributed by atoms with Gasteiger partial charge in [-0.3, -0.25) is 14.5 Å². The highest BCUT2D eigenvalue weighted by Gasteiger charge is 2.17. The molecule has 2 aliphatic rings. The molecule has 2 aliphatic heterocycles. The lowest BCUT2D eigenvalue weighted by molar-refractivity contribution is -0.137. The van der Waals surface area contributed by atoms with E-state index in [1.165, 1.54) is 6.42 Å². The normalized spacial score (nSPS) is 18.2.